The quantitative estimate of drug-likeness (QED) is 0.614. The van der Waals surface area contributed by atoms with Gasteiger partial charge in [0, 0.05) is 29.4 Å². The molecule has 0 unspecified atom stereocenters. The second-order valence-corrected chi connectivity index (χ2v) is 5.41. The highest BCUT2D eigenvalue weighted by Crippen LogP contribution is 2.29. The summed E-state index contributed by atoms with van der Waals surface area (Å²) in [5.74, 6) is -0.232. The minimum Gasteiger partial charge on any atom is -0.488 e. The van der Waals surface area contributed by atoms with Gasteiger partial charge in [0.15, 0.2) is 5.78 Å². The van der Waals surface area contributed by atoms with Gasteiger partial charge in [0.25, 0.3) is 0 Å². The number of ether oxygens (including phenoxy) is 1. The van der Waals surface area contributed by atoms with Crippen LogP contribution in [-0.4, -0.2) is 17.4 Å². The van der Waals surface area contributed by atoms with Crippen molar-refractivity contribution in [2.45, 2.75) is 0 Å². The van der Waals surface area contributed by atoms with Crippen LogP contribution in [0.5, 0.6) is 5.75 Å². The van der Waals surface area contributed by atoms with E-state index in [1.54, 1.807) is 12.4 Å². The SMILES string of the molecule is Cl.O=C1/C(=C/c2ccc3cnccc3c2)COc2cc(F)ccc21. The third-order valence-corrected chi connectivity index (χ3v) is 3.87. The Hall–Kier alpha value is -2.72. The first-order chi connectivity index (χ1) is 11.2. The third-order valence-electron chi connectivity index (χ3n) is 3.87. The van der Waals surface area contributed by atoms with Crippen molar-refractivity contribution in [1.29, 1.82) is 0 Å². The van der Waals surface area contributed by atoms with Crippen molar-refractivity contribution in [3.05, 3.63) is 77.4 Å². The van der Waals surface area contributed by atoms with Gasteiger partial charge in [0.05, 0.1) is 5.56 Å². The number of carbonyl (C=O) groups excluding carboxylic acids is 1. The summed E-state index contributed by atoms with van der Waals surface area (Å²) in [6.45, 7) is 0.143. The van der Waals surface area contributed by atoms with Crippen molar-refractivity contribution in [2.24, 2.45) is 0 Å². The molecule has 0 bridgehead atoms. The molecule has 24 heavy (non-hydrogen) atoms. The van der Waals surface area contributed by atoms with Crippen molar-refractivity contribution < 1.29 is 13.9 Å². The van der Waals surface area contributed by atoms with E-state index < -0.39 is 5.82 Å². The van der Waals surface area contributed by atoms with Gasteiger partial charge in [-0.05, 0) is 41.3 Å². The van der Waals surface area contributed by atoms with Crippen LogP contribution < -0.4 is 4.74 Å². The molecule has 0 fully saturated rings. The van der Waals surface area contributed by atoms with Crippen LogP contribution in [0.3, 0.4) is 0 Å². The highest BCUT2D eigenvalue weighted by molar-refractivity contribution is 6.14. The van der Waals surface area contributed by atoms with E-state index in [9.17, 15) is 9.18 Å². The van der Waals surface area contributed by atoms with Gasteiger partial charge in [-0.15, -0.1) is 12.4 Å². The summed E-state index contributed by atoms with van der Waals surface area (Å²) in [5, 5.41) is 2.10. The summed E-state index contributed by atoms with van der Waals surface area (Å²) in [7, 11) is 0. The fraction of sp³-hybridized carbons (Fsp3) is 0.0526. The van der Waals surface area contributed by atoms with Crippen molar-refractivity contribution >= 4 is 35.0 Å². The Morgan fingerprint density at radius 3 is 2.83 bits per heavy atom. The number of halogens is 2. The van der Waals surface area contributed by atoms with E-state index in [0.717, 1.165) is 16.3 Å². The van der Waals surface area contributed by atoms with Crippen LogP contribution in [0.4, 0.5) is 4.39 Å². The number of fused-ring (bicyclic) bond motifs is 2. The molecule has 0 atom stereocenters. The van der Waals surface area contributed by atoms with Crippen molar-refractivity contribution in [1.82, 2.24) is 4.98 Å². The van der Waals surface area contributed by atoms with Crippen LogP contribution in [0.1, 0.15) is 15.9 Å². The Morgan fingerprint density at radius 2 is 1.96 bits per heavy atom. The molecule has 0 radical (unpaired) electrons. The molecule has 0 aliphatic carbocycles. The largest absolute Gasteiger partial charge is 0.488 e. The van der Waals surface area contributed by atoms with E-state index in [4.69, 9.17) is 4.74 Å². The molecule has 0 spiro atoms. The normalized spacial score (nSPS) is 14.9. The fourth-order valence-electron chi connectivity index (χ4n) is 2.70. The second kappa shape index (κ2) is 6.42. The number of Topliss-reactive ketones (excluding diaryl/α,β-unsaturated/α-hetero) is 1. The first-order valence-corrected chi connectivity index (χ1v) is 7.22. The number of benzene rings is 2. The summed E-state index contributed by atoms with van der Waals surface area (Å²) in [6.07, 6.45) is 5.35. The molecule has 5 heteroatoms. The number of pyridine rings is 1. The van der Waals surface area contributed by atoms with E-state index in [1.165, 1.54) is 18.2 Å². The Morgan fingerprint density at radius 1 is 1.08 bits per heavy atom. The zero-order valence-corrected chi connectivity index (χ0v) is 13.3. The Balaban J connectivity index is 0.00000169. The van der Waals surface area contributed by atoms with Crippen LogP contribution in [0.25, 0.3) is 16.8 Å². The van der Waals surface area contributed by atoms with Gasteiger partial charge in [-0.2, -0.15) is 0 Å². The number of nitrogens with zero attached hydrogens (tertiary/aromatic N) is 1. The van der Waals surface area contributed by atoms with Gasteiger partial charge >= 0.3 is 0 Å². The van der Waals surface area contributed by atoms with E-state index in [0.29, 0.717) is 16.9 Å². The van der Waals surface area contributed by atoms with Crippen LogP contribution >= 0.6 is 12.4 Å². The van der Waals surface area contributed by atoms with Crippen molar-refractivity contribution in [2.75, 3.05) is 6.61 Å². The lowest BCUT2D eigenvalue weighted by Crippen LogP contribution is -2.19. The van der Waals surface area contributed by atoms with E-state index >= 15 is 0 Å². The molecular weight excluding hydrogens is 329 g/mol. The second-order valence-electron chi connectivity index (χ2n) is 5.41. The van der Waals surface area contributed by atoms with Gasteiger partial charge in [-0.3, -0.25) is 9.78 Å². The standard InChI is InChI=1S/C19H12FNO2.ClH/c20-16-3-4-17-18(9-16)23-11-15(19(17)22)8-12-1-2-14-10-21-6-5-13(14)7-12;/h1-10H,11H2;1H/b15-8+;. The van der Waals surface area contributed by atoms with E-state index in [-0.39, 0.29) is 24.8 Å². The maximum absolute atomic E-state index is 13.2. The number of hydrogen-bond donors (Lipinski definition) is 0. The Labute approximate surface area is 144 Å². The zero-order chi connectivity index (χ0) is 15.8. The molecule has 3 aromatic rings. The first kappa shape index (κ1) is 16.1. The minimum atomic E-state index is -0.410. The summed E-state index contributed by atoms with van der Waals surface area (Å²) in [5.41, 5.74) is 1.87. The Kier molecular flexibility index (Phi) is 4.32. The highest BCUT2D eigenvalue weighted by atomic mass is 35.5. The van der Waals surface area contributed by atoms with Crippen molar-refractivity contribution in [3.63, 3.8) is 0 Å². The lowest BCUT2D eigenvalue weighted by Gasteiger charge is -2.18. The van der Waals surface area contributed by atoms with Gasteiger partial charge in [-0.25, -0.2) is 4.39 Å². The topological polar surface area (TPSA) is 39.2 Å². The van der Waals surface area contributed by atoms with Crippen LogP contribution in [0.15, 0.2) is 60.4 Å². The average Bonchev–Trinajstić information content (AvgIpc) is 2.57. The number of carbonyl (C=O) groups is 1. The maximum atomic E-state index is 13.2. The molecule has 0 N–H and O–H groups in total. The highest BCUT2D eigenvalue weighted by Gasteiger charge is 2.23. The molecule has 0 saturated carbocycles. The number of aromatic nitrogens is 1. The third kappa shape index (κ3) is 2.88. The van der Waals surface area contributed by atoms with Gasteiger partial charge in [-0.1, -0.05) is 12.1 Å². The summed E-state index contributed by atoms with van der Waals surface area (Å²) >= 11 is 0. The average molecular weight is 342 g/mol. The van der Waals surface area contributed by atoms with Gasteiger partial charge in [0.2, 0.25) is 0 Å². The molecule has 4 rings (SSSR count). The molecule has 2 aromatic carbocycles. The summed E-state index contributed by atoms with van der Waals surface area (Å²) in [4.78, 5) is 16.6. The molecule has 120 valence electrons. The molecule has 1 aliphatic heterocycles. The predicted molar refractivity (Wildman–Crippen MR) is 93.2 cm³/mol. The molecular formula is C19H13ClFNO2. The summed E-state index contributed by atoms with van der Waals surface area (Å²) in [6, 6.07) is 11.8. The minimum absolute atomic E-state index is 0. The first-order valence-electron chi connectivity index (χ1n) is 7.22. The zero-order valence-electron chi connectivity index (χ0n) is 12.5. The van der Waals surface area contributed by atoms with E-state index in [2.05, 4.69) is 4.98 Å². The van der Waals surface area contributed by atoms with Crippen LogP contribution in [0, 0.1) is 5.82 Å². The Bertz CT molecular complexity index is 968. The monoisotopic (exact) mass is 341 g/mol. The molecule has 3 nitrogen and oxygen atoms in total. The number of rotatable bonds is 1. The molecule has 2 heterocycles. The molecule has 0 amide bonds. The van der Waals surface area contributed by atoms with Crippen molar-refractivity contribution in [3.8, 4) is 5.75 Å². The molecule has 1 aliphatic rings. The van der Waals surface area contributed by atoms with Crippen LogP contribution in [-0.2, 0) is 0 Å². The molecule has 1 aromatic heterocycles. The number of ketones is 1. The number of hydrogen-bond acceptors (Lipinski definition) is 3. The predicted octanol–water partition coefficient (Wildman–Crippen LogP) is 4.45. The summed E-state index contributed by atoms with van der Waals surface area (Å²) < 4.78 is 18.7. The molecule has 0 saturated heterocycles. The fourth-order valence-corrected chi connectivity index (χ4v) is 2.70. The lowest BCUT2D eigenvalue weighted by molar-refractivity contribution is 0.100. The van der Waals surface area contributed by atoms with Gasteiger partial charge in [0.1, 0.15) is 18.2 Å². The van der Waals surface area contributed by atoms with Gasteiger partial charge < -0.3 is 4.74 Å². The van der Waals surface area contributed by atoms with Crippen LogP contribution in [0.2, 0.25) is 0 Å². The smallest absolute Gasteiger partial charge is 0.196 e. The van der Waals surface area contributed by atoms with E-state index in [1.807, 2.05) is 30.3 Å². The maximum Gasteiger partial charge on any atom is 0.196 e. The lowest BCUT2D eigenvalue weighted by atomic mass is 9.98.